The summed E-state index contributed by atoms with van der Waals surface area (Å²) in [4.78, 5) is 12.1. The summed E-state index contributed by atoms with van der Waals surface area (Å²) < 4.78 is 0.931. The van der Waals surface area contributed by atoms with E-state index in [4.69, 9.17) is 0 Å². The lowest BCUT2D eigenvalue weighted by molar-refractivity contribution is 0.0920. The lowest BCUT2D eigenvalue weighted by Crippen LogP contribution is -2.51. The molecule has 2 atom stereocenters. The molecular weight excluding hydrogens is 280 g/mol. The Kier molecular flexibility index (Phi) is 4.18. The lowest BCUT2D eigenvalue weighted by Gasteiger charge is -2.30. The summed E-state index contributed by atoms with van der Waals surface area (Å²) in [6.07, 6.45) is 2.17. The van der Waals surface area contributed by atoms with Crippen molar-refractivity contribution in [3.05, 3.63) is 34.3 Å². The quantitative estimate of drug-likeness (QED) is 0.879. The molecule has 1 aromatic rings. The zero-order valence-corrected chi connectivity index (χ0v) is 11.5. The molecule has 1 fully saturated rings. The zero-order chi connectivity index (χ0) is 12.3. The number of carbonyl (C=O) groups is 1. The Morgan fingerprint density at radius 1 is 1.53 bits per heavy atom. The first-order chi connectivity index (χ1) is 8.16. The maximum Gasteiger partial charge on any atom is 0.251 e. The van der Waals surface area contributed by atoms with Crippen LogP contribution in [0.15, 0.2) is 28.7 Å². The third kappa shape index (κ3) is 3.30. The van der Waals surface area contributed by atoms with Gasteiger partial charge >= 0.3 is 0 Å². The Balaban J connectivity index is 2.01. The molecule has 1 aromatic carbocycles. The molecular formula is C13H17BrN2O. The molecule has 0 bridgehead atoms. The molecule has 2 unspecified atom stereocenters. The van der Waals surface area contributed by atoms with E-state index >= 15 is 0 Å². The van der Waals surface area contributed by atoms with E-state index in [1.165, 1.54) is 0 Å². The summed E-state index contributed by atoms with van der Waals surface area (Å²) in [5.74, 6) is 0.00634. The summed E-state index contributed by atoms with van der Waals surface area (Å²) in [5.41, 5.74) is 0.706. The van der Waals surface area contributed by atoms with Crippen LogP contribution in [0.2, 0.25) is 0 Å². The van der Waals surface area contributed by atoms with Crippen molar-refractivity contribution in [2.45, 2.75) is 31.8 Å². The second kappa shape index (κ2) is 5.65. The van der Waals surface area contributed by atoms with Gasteiger partial charge in [0.2, 0.25) is 0 Å². The monoisotopic (exact) mass is 296 g/mol. The van der Waals surface area contributed by atoms with Gasteiger partial charge in [0.25, 0.3) is 5.91 Å². The molecule has 1 saturated heterocycles. The Morgan fingerprint density at radius 2 is 2.35 bits per heavy atom. The van der Waals surface area contributed by atoms with Crippen LogP contribution in [0.4, 0.5) is 0 Å². The van der Waals surface area contributed by atoms with Gasteiger partial charge < -0.3 is 10.6 Å². The van der Waals surface area contributed by atoms with Crippen LogP contribution in [0.25, 0.3) is 0 Å². The fraction of sp³-hybridized carbons (Fsp3) is 0.462. The Morgan fingerprint density at radius 3 is 3.06 bits per heavy atom. The normalized spacial score (nSPS) is 24.4. The van der Waals surface area contributed by atoms with Gasteiger partial charge in [-0.15, -0.1) is 0 Å². The van der Waals surface area contributed by atoms with E-state index in [-0.39, 0.29) is 11.9 Å². The summed E-state index contributed by atoms with van der Waals surface area (Å²) in [6.45, 7) is 3.16. The highest BCUT2D eigenvalue weighted by Crippen LogP contribution is 2.13. The van der Waals surface area contributed by atoms with Crippen LogP contribution in [0.5, 0.6) is 0 Å². The minimum absolute atomic E-state index is 0.00634. The Hall–Kier alpha value is -0.870. The molecule has 3 nitrogen and oxygen atoms in total. The molecule has 4 heteroatoms. The molecule has 92 valence electrons. The number of amides is 1. The molecule has 2 rings (SSSR count). The first kappa shape index (κ1) is 12.6. The van der Waals surface area contributed by atoms with Crippen molar-refractivity contribution in [1.82, 2.24) is 10.6 Å². The number of nitrogens with one attached hydrogen (secondary N) is 2. The van der Waals surface area contributed by atoms with Gasteiger partial charge in [0.1, 0.15) is 0 Å². The lowest BCUT2D eigenvalue weighted by atomic mass is 9.99. The number of rotatable bonds is 2. The molecule has 1 aliphatic heterocycles. The standard InChI is InChI=1S/C13H17BrN2O/c1-9-12(6-3-7-15-9)16-13(17)10-4-2-5-11(14)8-10/h2,4-5,8-9,12,15H,3,6-7H2,1H3,(H,16,17). The highest BCUT2D eigenvalue weighted by Gasteiger charge is 2.22. The number of piperidine rings is 1. The Bertz CT molecular complexity index is 408. The maximum atomic E-state index is 12.1. The minimum Gasteiger partial charge on any atom is -0.348 e. The second-order valence-electron chi connectivity index (χ2n) is 4.48. The SMILES string of the molecule is CC1NCCCC1NC(=O)c1cccc(Br)c1. The molecule has 1 aliphatic rings. The van der Waals surface area contributed by atoms with E-state index in [2.05, 4.69) is 33.5 Å². The summed E-state index contributed by atoms with van der Waals surface area (Å²) in [7, 11) is 0. The predicted molar refractivity (Wildman–Crippen MR) is 72.1 cm³/mol. The predicted octanol–water partition coefficient (Wildman–Crippen LogP) is 2.32. The van der Waals surface area contributed by atoms with E-state index in [0.29, 0.717) is 11.6 Å². The smallest absolute Gasteiger partial charge is 0.251 e. The topological polar surface area (TPSA) is 41.1 Å². The number of hydrogen-bond acceptors (Lipinski definition) is 2. The first-order valence-electron chi connectivity index (χ1n) is 5.96. The van der Waals surface area contributed by atoms with Crippen molar-refractivity contribution in [3.8, 4) is 0 Å². The number of benzene rings is 1. The fourth-order valence-electron chi connectivity index (χ4n) is 2.12. The first-order valence-corrected chi connectivity index (χ1v) is 6.76. The van der Waals surface area contributed by atoms with Crippen LogP contribution < -0.4 is 10.6 Å². The average molecular weight is 297 g/mol. The molecule has 1 amide bonds. The second-order valence-corrected chi connectivity index (χ2v) is 5.39. The van der Waals surface area contributed by atoms with Crippen LogP contribution >= 0.6 is 15.9 Å². The van der Waals surface area contributed by atoms with Crippen molar-refractivity contribution < 1.29 is 4.79 Å². The number of hydrogen-bond donors (Lipinski definition) is 2. The van der Waals surface area contributed by atoms with Crippen LogP contribution in [0.3, 0.4) is 0 Å². The number of carbonyl (C=O) groups excluding carboxylic acids is 1. The molecule has 0 aromatic heterocycles. The van der Waals surface area contributed by atoms with E-state index in [9.17, 15) is 4.79 Å². The fourth-order valence-corrected chi connectivity index (χ4v) is 2.52. The van der Waals surface area contributed by atoms with Crippen molar-refractivity contribution in [2.24, 2.45) is 0 Å². The van der Waals surface area contributed by atoms with Crippen LogP contribution in [-0.4, -0.2) is 24.5 Å². The van der Waals surface area contributed by atoms with Gasteiger partial charge in [0.05, 0.1) is 0 Å². The molecule has 0 spiro atoms. The van der Waals surface area contributed by atoms with Gasteiger partial charge in [0, 0.05) is 22.1 Å². The van der Waals surface area contributed by atoms with Crippen LogP contribution in [0.1, 0.15) is 30.1 Å². The Labute approximate surface area is 110 Å². The molecule has 0 radical (unpaired) electrons. The maximum absolute atomic E-state index is 12.1. The highest BCUT2D eigenvalue weighted by molar-refractivity contribution is 9.10. The third-order valence-electron chi connectivity index (χ3n) is 3.17. The van der Waals surface area contributed by atoms with Crippen molar-refractivity contribution in [3.63, 3.8) is 0 Å². The molecule has 2 N–H and O–H groups in total. The van der Waals surface area contributed by atoms with Gasteiger partial charge in [-0.25, -0.2) is 0 Å². The summed E-state index contributed by atoms with van der Waals surface area (Å²) in [5, 5.41) is 6.47. The summed E-state index contributed by atoms with van der Waals surface area (Å²) in [6, 6.07) is 8.05. The average Bonchev–Trinajstić information content (AvgIpc) is 2.32. The van der Waals surface area contributed by atoms with E-state index < -0.39 is 0 Å². The summed E-state index contributed by atoms with van der Waals surface area (Å²) >= 11 is 3.38. The van der Waals surface area contributed by atoms with Gasteiger partial charge in [-0.2, -0.15) is 0 Å². The van der Waals surface area contributed by atoms with Crippen LogP contribution in [-0.2, 0) is 0 Å². The van der Waals surface area contributed by atoms with Crippen LogP contribution in [0, 0.1) is 0 Å². The van der Waals surface area contributed by atoms with E-state index in [0.717, 1.165) is 23.9 Å². The highest BCUT2D eigenvalue weighted by atomic mass is 79.9. The van der Waals surface area contributed by atoms with Gasteiger partial charge in [-0.05, 0) is 44.5 Å². The van der Waals surface area contributed by atoms with E-state index in [1.807, 2.05) is 24.3 Å². The van der Waals surface area contributed by atoms with Gasteiger partial charge in [0.15, 0.2) is 0 Å². The molecule has 1 heterocycles. The third-order valence-corrected chi connectivity index (χ3v) is 3.66. The van der Waals surface area contributed by atoms with Crippen molar-refractivity contribution >= 4 is 21.8 Å². The molecule has 0 aliphatic carbocycles. The molecule has 17 heavy (non-hydrogen) atoms. The minimum atomic E-state index is 0.00634. The van der Waals surface area contributed by atoms with Gasteiger partial charge in [-0.1, -0.05) is 22.0 Å². The van der Waals surface area contributed by atoms with E-state index in [1.54, 1.807) is 0 Å². The molecule has 0 saturated carbocycles. The van der Waals surface area contributed by atoms with Crippen molar-refractivity contribution in [1.29, 1.82) is 0 Å². The van der Waals surface area contributed by atoms with Crippen molar-refractivity contribution in [2.75, 3.05) is 6.54 Å². The zero-order valence-electron chi connectivity index (χ0n) is 9.87. The number of halogens is 1. The van der Waals surface area contributed by atoms with Gasteiger partial charge in [-0.3, -0.25) is 4.79 Å². The largest absolute Gasteiger partial charge is 0.348 e.